The van der Waals surface area contributed by atoms with E-state index in [0.29, 0.717) is 17.7 Å². The van der Waals surface area contributed by atoms with E-state index in [9.17, 15) is 19.2 Å². The third-order valence-corrected chi connectivity index (χ3v) is 7.45. The lowest BCUT2D eigenvalue weighted by Crippen LogP contribution is -2.71. The number of nitrogens with zero attached hydrogens (tertiary/aromatic N) is 2. The number of hydrogen-bond donors (Lipinski definition) is 2. The van der Waals surface area contributed by atoms with Crippen molar-refractivity contribution in [3.63, 3.8) is 0 Å². The van der Waals surface area contributed by atoms with Crippen LogP contribution in [0.5, 0.6) is 0 Å². The zero-order chi connectivity index (χ0) is 29.9. The van der Waals surface area contributed by atoms with E-state index < -0.39 is 52.5 Å². The molecule has 2 aliphatic rings. The fraction of sp³-hybridized carbons (Fsp3) is 0.433. The summed E-state index contributed by atoms with van der Waals surface area (Å²) < 4.78 is 11.0. The molecule has 1 fully saturated rings. The number of nitrogens with one attached hydrogen (secondary N) is 2. The predicted octanol–water partition coefficient (Wildman–Crippen LogP) is 3.89. The van der Waals surface area contributed by atoms with Gasteiger partial charge in [0, 0.05) is 24.1 Å². The van der Waals surface area contributed by atoms with E-state index in [1.165, 1.54) is 16.7 Å². The number of aromatic nitrogens is 1. The largest absolute Gasteiger partial charge is 0.455 e. The van der Waals surface area contributed by atoms with E-state index in [4.69, 9.17) is 9.47 Å². The third-order valence-electron chi connectivity index (χ3n) is 6.11. The number of carbonyl (C=O) groups is 4. The first-order valence-electron chi connectivity index (χ1n) is 13.4. The molecule has 0 aliphatic carbocycles. The lowest BCUT2D eigenvalue weighted by Gasteiger charge is -2.50. The van der Waals surface area contributed by atoms with Crippen LogP contribution in [0.3, 0.4) is 0 Å². The van der Waals surface area contributed by atoms with Crippen molar-refractivity contribution in [1.29, 1.82) is 0 Å². The number of β-lactam (4-membered cyclic amide) rings is 1. The van der Waals surface area contributed by atoms with Gasteiger partial charge in [0.15, 0.2) is 0 Å². The normalized spacial score (nSPS) is 19.5. The zero-order valence-electron chi connectivity index (χ0n) is 24.1. The molecule has 0 spiro atoms. The van der Waals surface area contributed by atoms with E-state index in [1.54, 1.807) is 78.1 Å². The Morgan fingerprint density at radius 1 is 1.00 bits per heavy atom. The van der Waals surface area contributed by atoms with Crippen molar-refractivity contribution in [2.24, 2.45) is 0 Å². The summed E-state index contributed by atoms with van der Waals surface area (Å²) >= 11 is 1.45. The fourth-order valence-corrected chi connectivity index (χ4v) is 5.81. The molecule has 1 aromatic heterocycles. The highest BCUT2D eigenvalue weighted by atomic mass is 32.2. The van der Waals surface area contributed by atoms with Crippen molar-refractivity contribution in [2.75, 3.05) is 5.75 Å². The third kappa shape index (κ3) is 7.46. The molecule has 1 saturated heterocycles. The minimum atomic E-state index is -1.10. The van der Waals surface area contributed by atoms with Crippen LogP contribution in [0.4, 0.5) is 4.79 Å². The summed E-state index contributed by atoms with van der Waals surface area (Å²) in [6, 6.07) is 12.3. The van der Waals surface area contributed by atoms with Crippen LogP contribution in [0.25, 0.3) is 0 Å². The number of alkyl carbamates (subject to hydrolysis) is 1. The van der Waals surface area contributed by atoms with E-state index in [0.717, 1.165) is 11.3 Å². The van der Waals surface area contributed by atoms with Crippen LogP contribution in [0.1, 0.15) is 58.8 Å². The molecule has 2 aliphatic heterocycles. The van der Waals surface area contributed by atoms with Gasteiger partial charge >= 0.3 is 12.1 Å². The lowest BCUT2D eigenvalue weighted by molar-refractivity contribution is -0.159. The number of pyridine rings is 1. The molecule has 0 unspecified atom stereocenters. The quantitative estimate of drug-likeness (QED) is 0.373. The molecule has 3 atom stereocenters. The van der Waals surface area contributed by atoms with Crippen molar-refractivity contribution in [1.82, 2.24) is 20.5 Å². The topological polar surface area (TPSA) is 127 Å². The molecule has 0 bridgehead atoms. The fourth-order valence-electron chi connectivity index (χ4n) is 4.46. The first-order chi connectivity index (χ1) is 19.2. The molecule has 3 heterocycles. The summed E-state index contributed by atoms with van der Waals surface area (Å²) in [7, 11) is 0. The van der Waals surface area contributed by atoms with Gasteiger partial charge in [0.2, 0.25) is 5.91 Å². The summed E-state index contributed by atoms with van der Waals surface area (Å²) in [5.41, 5.74) is 0.685. The molecule has 11 heteroatoms. The second kappa shape index (κ2) is 11.9. The molecule has 2 N–H and O–H groups in total. The van der Waals surface area contributed by atoms with Gasteiger partial charge < -0.3 is 20.1 Å². The molecule has 218 valence electrons. The highest BCUT2D eigenvalue weighted by Gasteiger charge is 2.55. The van der Waals surface area contributed by atoms with Crippen molar-refractivity contribution in [2.45, 2.75) is 76.6 Å². The number of thioether (sulfide) groups is 1. The molecule has 41 heavy (non-hydrogen) atoms. The Balaban J connectivity index is 1.56. The van der Waals surface area contributed by atoms with E-state index >= 15 is 0 Å². The summed E-state index contributed by atoms with van der Waals surface area (Å²) in [5.74, 6) is -1.15. The molecule has 4 rings (SSSR count). The number of fused-ring (bicyclic) bond motifs is 1. The summed E-state index contributed by atoms with van der Waals surface area (Å²) in [4.78, 5) is 58.7. The van der Waals surface area contributed by atoms with Crippen molar-refractivity contribution in [3.8, 4) is 0 Å². The zero-order valence-corrected chi connectivity index (χ0v) is 24.9. The molecule has 3 amide bonds. The summed E-state index contributed by atoms with van der Waals surface area (Å²) in [5, 5.41) is 4.90. The molecule has 0 radical (unpaired) electrons. The Morgan fingerprint density at radius 3 is 2.27 bits per heavy atom. The second-order valence-electron chi connectivity index (χ2n) is 11.8. The highest BCUT2D eigenvalue weighted by Crippen LogP contribution is 2.42. The first kappa shape index (κ1) is 30.1. The van der Waals surface area contributed by atoms with Gasteiger partial charge in [-0.1, -0.05) is 36.4 Å². The summed E-state index contributed by atoms with van der Waals surface area (Å²) in [6.07, 6.45) is 1.30. The SMILES string of the molecule is CC(C)(C)OC(=O)N[C@@H](C(=O)N[C@@H]1C(=O)N2C(C(=O)OC(C)(C)C)=C(Cc3ccccn3)CS[C@H]12)c1ccccc1. The Labute approximate surface area is 244 Å². The minimum absolute atomic E-state index is 0.191. The van der Waals surface area contributed by atoms with E-state index in [1.807, 2.05) is 18.2 Å². The van der Waals surface area contributed by atoms with Gasteiger partial charge in [-0.05, 0) is 64.8 Å². The molecule has 0 saturated carbocycles. The molecular formula is C30H36N4O6S. The van der Waals surface area contributed by atoms with Gasteiger partial charge in [0.05, 0.1) is 0 Å². The Bertz CT molecular complexity index is 1330. The maximum absolute atomic E-state index is 13.5. The van der Waals surface area contributed by atoms with Gasteiger partial charge in [-0.2, -0.15) is 0 Å². The van der Waals surface area contributed by atoms with Crippen LogP contribution < -0.4 is 10.6 Å². The Hall–Kier alpha value is -3.86. The van der Waals surface area contributed by atoms with Gasteiger partial charge in [-0.25, -0.2) is 9.59 Å². The van der Waals surface area contributed by atoms with Crippen LogP contribution in [-0.4, -0.2) is 62.1 Å². The highest BCUT2D eigenvalue weighted by molar-refractivity contribution is 8.00. The number of ether oxygens (including phenoxy) is 2. The van der Waals surface area contributed by atoms with Crippen LogP contribution in [0.15, 0.2) is 66.0 Å². The Kier molecular flexibility index (Phi) is 8.77. The monoisotopic (exact) mass is 580 g/mol. The van der Waals surface area contributed by atoms with Gasteiger partial charge in [-0.3, -0.25) is 19.5 Å². The number of hydrogen-bond acceptors (Lipinski definition) is 8. The maximum Gasteiger partial charge on any atom is 0.408 e. The van der Waals surface area contributed by atoms with Crippen LogP contribution >= 0.6 is 11.8 Å². The van der Waals surface area contributed by atoms with Gasteiger partial charge in [-0.15, -0.1) is 11.8 Å². The molecular weight excluding hydrogens is 544 g/mol. The smallest absolute Gasteiger partial charge is 0.408 e. The van der Waals surface area contributed by atoms with Gasteiger partial charge in [0.1, 0.15) is 34.4 Å². The van der Waals surface area contributed by atoms with Crippen molar-refractivity contribution >= 4 is 35.6 Å². The molecule has 2 aromatic rings. The number of rotatable bonds is 7. The standard InChI is InChI=1S/C30H36N4O6S/c1-29(2,3)39-27(37)23-19(16-20-14-10-11-15-31-20)17-41-26-22(25(36)34(23)26)32-24(35)21(18-12-8-7-9-13-18)33-28(38)40-30(4,5)6/h7-15,21-22,26H,16-17H2,1-6H3,(H,32,35)(H,33,38)/t21-,22-,26-/m1/s1. The van der Waals surface area contributed by atoms with Gasteiger partial charge in [0.25, 0.3) is 5.91 Å². The molecule has 10 nitrogen and oxygen atoms in total. The number of esters is 1. The van der Waals surface area contributed by atoms with Crippen molar-refractivity contribution in [3.05, 3.63) is 77.3 Å². The average molecular weight is 581 g/mol. The number of carbonyl (C=O) groups excluding carboxylic acids is 4. The van der Waals surface area contributed by atoms with E-state index in [2.05, 4.69) is 15.6 Å². The first-order valence-corrected chi connectivity index (χ1v) is 14.4. The molecule has 1 aromatic carbocycles. The average Bonchev–Trinajstić information content (AvgIpc) is 2.89. The summed E-state index contributed by atoms with van der Waals surface area (Å²) in [6.45, 7) is 10.5. The lowest BCUT2D eigenvalue weighted by atomic mass is 9.99. The van der Waals surface area contributed by atoms with Crippen LogP contribution in [0, 0.1) is 0 Å². The number of amides is 3. The van der Waals surface area contributed by atoms with Crippen LogP contribution in [0.2, 0.25) is 0 Å². The minimum Gasteiger partial charge on any atom is -0.455 e. The number of benzene rings is 1. The maximum atomic E-state index is 13.5. The van der Waals surface area contributed by atoms with Crippen molar-refractivity contribution < 1.29 is 28.7 Å². The van der Waals surface area contributed by atoms with E-state index in [-0.39, 0.29) is 5.70 Å². The van der Waals surface area contributed by atoms with Crippen LogP contribution in [-0.2, 0) is 30.3 Å². The Morgan fingerprint density at radius 2 is 1.66 bits per heavy atom. The second-order valence-corrected chi connectivity index (χ2v) is 12.9. The predicted molar refractivity (Wildman–Crippen MR) is 154 cm³/mol.